The average molecular weight is 749 g/mol. The summed E-state index contributed by atoms with van der Waals surface area (Å²) >= 11 is 0. The first-order valence-electron chi connectivity index (χ1n) is 20.8. The summed E-state index contributed by atoms with van der Waals surface area (Å²) in [7, 11) is 0. The molecule has 1 aromatic heterocycles. The molecule has 0 fully saturated rings. The summed E-state index contributed by atoms with van der Waals surface area (Å²) in [5.74, 6) is 0. The molecule has 0 radical (unpaired) electrons. The second-order valence-corrected chi connectivity index (χ2v) is 20.9. The van der Waals surface area contributed by atoms with Crippen molar-refractivity contribution in [2.24, 2.45) is 0 Å². The highest BCUT2D eigenvalue weighted by molar-refractivity contribution is 7.00. The third kappa shape index (κ3) is 6.10. The van der Waals surface area contributed by atoms with E-state index in [4.69, 9.17) is 4.42 Å². The van der Waals surface area contributed by atoms with Gasteiger partial charge in [-0.3, -0.25) is 0 Å². The van der Waals surface area contributed by atoms with Crippen LogP contribution in [0.15, 0.2) is 114 Å². The van der Waals surface area contributed by atoms with Crippen LogP contribution in [-0.4, -0.2) is 6.71 Å². The van der Waals surface area contributed by atoms with Crippen LogP contribution in [0, 0.1) is 6.92 Å². The number of furan rings is 1. The van der Waals surface area contributed by atoms with Crippen molar-refractivity contribution in [3.05, 3.63) is 137 Å². The second kappa shape index (κ2) is 12.4. The van der Waals surface area contributed by atoms with Crippen molar-refractivity contribution in [3.63, 3.8) is 0 Å². The van der Waals surface area contributed by atoms with Crippen LogP contribution < -0.4 is 26.2 Å². The molecule has 0 spiro atoms. The minimum Gasteiger partial charge on any atom is -0.456 e. The molecule has 6 aromatic carbocycles. The van der Waals surface area contributed by atoms with E-state index in [-0.39, 0.29) is 28.4 Å². The molecule has 2 aliphatic heterocycles. The van der Waals surface area contributed by atoms with Crippen LogP contribution in [0.2, 0.25) is 0 Å². The monoisotopic (exact) mass is 748 g/mol. The van der Waals surface area contributed by atoms with Crippen LogP contribution in [0.25, 0.3) is 21.9 Å². The van der Waals surface area contributed by atoms with E-state index in [0.717, 1.165) is 22.2 Å². The van der Waals surface area contributed by atoms with Gasteiger partial charge in [-0.25, -0.2) is 0 Å². The van der Waals surface area contributed by atoms with E-state index >= 15 is 0 Å². The molecular formula is C53H57BN2O. The molecule has 7 aromatic rings. The maximum absolute atomic E-state index is 6.79. The standard InChI is InChI=1S/C53H57BN2O/c1-32-26-45-49-46(27-32)56(38-22-16-34(17-23-38)51(5,6)7)44-30-40-39-28-35(52(8,9)10)19-25-47(39)57-48(40)31-42(44)54(49)41-29-36(53(11,12)13)18-24-43(41)55(45)37-20-14-33(15-21-37)50(2,3)4/h14-31H,1-13H3. The van der Waals surface area contributed by atoms with Crippen molar-refractivity contribution in [1.82, 2.24) is 0 Å². The Bertz CT molecular complexity index is 2720. The van der Waals surface area contributed by atoms with E-state index < -0.39 is 0 Å². The Kier molecular flexibility index (Phi) is 8.12. The van der Waals surface area contributed by atoms with Gasteiger partial charge in [-0.2, -0.15) is 0 Å². The van der Waals surface area contributed by atoms with Crippen molar-refractivity contribution in [3.8, 4) is 0 Å². The smallest absolute Gasteiger partial charge is 0.252 e. The minimum absolute atomic E-state index is 0.000782. The van der Waals surface area contributed by atoms with E-state index in [9.17, 15) is 0 Å². The number of aryl methyl sites for hydroxylation is 1. The van der Waals surface area contributed by atoms with E-state index in [1.165, 1.54) is 78.0 Å². The fraction of sp³-hybridized carbons (Fsp3) is 0.321. The lowest BCUT2D eigenvalue weighted by Crippen LogP contribution is -2.61. The Balaban J connectivity index is 1.38. The number of anilines is 6. The number of nitrogens with zero attached hydrogens (tertiary/aromatic N) is 2. The first kappa shape index (κ1) is 37.4. The molecule has 0 atom stereocenters. The number of rotatable bonds is 2. The maximum atomic E-state index is 6.79. The van der Waals surface area contributed by atoms with Crippen LogP contribution in [0.3, 0.4) is 0 Å². The molecule has 3 nitrogen and oxygen atoms in total. The highest BCUT2D eigenvalue weighted by Crippen LogP contribution is 2.47. The van der Waals surface area contributed by atoms with Gasteiger partial charge < -0.3 is 14.2 Å². The number of hydrogen-bond acceptors (Lipinski definition) is 3. The summed E-state index contributed by atoms with van der Waals surface area (Å²) < 4.78 is 6.79. The zero-order valence-corrected chi connectivity index (χ0v) is 36.3. The molecule has 9 rings (SSSR count). The Morgan fingerprint density at radius 3 is 1.37 bits per heavy atom. The van der Waals surface area contributed by atoms with Crippen LogP contribution in [0.4, 0.5) is 34.1 Å². The molecule has 0 bridgehead atoms. The largest absolute Gasteiger partial charge is 0.456 e. The lowest BCUT2D eigenvalue weighted by atomic mass is 9.33. The van der Waals surface area contributed by atoms with E-state index in [2.05, 4.69) is 209 Å². The van der Waals surface area contributed by atoms with Crippen LogP contribution >= 0.6 is 0 Å². The first-order valence-corrected chi connectivity index (χ1v) is 20.8. The molecule has 3 heterocycles. The molecule has 4 heteroatoms. The summed E-state index contributed by atoms with van der Waals surface area (Å²) in [6.07, 6.45) is 0. The summed E-state index contributed by atoms with van der Waals surface area (Å²) in [4.78, 5) is 5.06. The van der Waals surface area contributed by atoms with Gasteiger partial charge in [0.1, 0.15) is 11.2 Å². The molecule has 0 saturated heterocycles. The van der Waals surface area contributed by atoms with Crippen molar-refractivity contribution >= 4 is 79.2 Å². The van der Waals surface area contributed by atoms with Gasteiger partial charge in [-0.15, -0.1) is 0 Å². The topological polar surface area (TPSA) is 19.6 Å². The van der Waals surface area contributed by atoms with Crippen LogP contribution in [0.1, 0.15) is 111 Å². The molecule has 0 N–H and O–H groups in total. The predicted octanol–water partition coefficient (Wildman–Crippen LogP) is 13.2. The molecule has 0 saturated carbocycles. The molecule has 2 aliphatic rings. The molecular weight excluding hydrogens is 691 g/mol. The van der Waals surface area contributed by atoms with Gasteiger partial charge in [0.2, 0.25) is 0 Å². The summed E-state index contributed by atoms with van der Waals surface area (Å²) in [5.41, 5.74) is 19.7. The van der Waals surface area contributed by atoms with Crippen molar-refractivity contribution < 1.29 is 4.42 Å². The first-order chi connectivity index (χ1) is 26.7. The molecule has 0 unspecified atom stereocenters. The quantitative estimate of drug-likeness (QED) is 0.164. The van der Waals surface area contributed by atoms with E-state index in [1.54, 1.807) is 0 Å². The van der Waals surface area contributed by atoms with Crippen molar-refractivity contribution in [2.75, 3.05) is 9.80 Å². The third-order valence-electron chi connectivity index (χ3n) is 12.5. The van der Waals surface area contributed by atoms with Gasteiger partial charge >= 0.3 is 0 Å². The lowest BCUT2D eigenvalue weighted by Gasteiger charge is -2.44. The fourth-order valence-corrected chi connectivity index (χ4v) is 9.12. The van der Waals surface area contributed by atoms with Crippen molar-refractivity contribution in [2.45, 2.75) is 112 Å². The zero-order chi connectivity index (χ0) is 40.6. The number of fused-ring (bicyclic) bond motifs is 7. The molecule has 57 heavy (non-hydrogen) atoms. The Hall–Kier alpha value is -5.22. The van der Waals surface area contributed by atoms with Gasteiger partial charge in [0.15, 0.2) is 0 Å². The molecule has 0 amide bonds. The maximum Gasteiger partial charge on any atom is 0.252 e. The van der Waals surface area contributed by atoms with Crippen LogP contribution in [-0.2, 0) is 21.7 Å². The van der Waals surface area contributed by atoms with Gasteiger partial charge in [0.25, 0.3) is 6.71 Å². The van der Waals surface area contributed by atoms with Gasteiger partial charge in [0, 0.05) is 44.9 Å². The lowest BCUT2D eigenvalue weighted by molar-refractivity contribution is 0.590. The van der Waals surface area contributed by atoms with Crippen molar-refractivity contribution in [1.29, 1.82) is 0 Å². The number of hydrogen-bond donors (Lipinski definition) is 0. The summed E-state index contributed by atoms with van der Waals surface area (Å²) in [6, 6.07) is 42.2. The minimum atomic E-state index is -0.0175. The van der Waals surface area contributed by atoms with Crippen LogP contribution in [0.5, 0.6) is 0 Å². The predicted molar refractivity (Wildman–Crippen MR) is 247 cm³/mol. The fourth-order valence-electron chi connectivity index (χ4n) is 9.12. The van der Waals surface area contributed by atoms with Gasteiger partial charge in [-0.1, -0.05) is 126 Å². The Morgan fingerprint density at radius 2 is 0.842 bits per heavy atom. The molecule has 288 valence electrons. The zero-order valence-electron chi connectivity index (χ0n) is 36.3. The number of benzene rings is 6. The van der Waals surface area contributed by atoms with Gasteiger partial charge in [0.05, 0.1) is 0 Å². The second-order valence-electron chi connectivity index (χ2n) is 20.9. The average Bonchev–Trinajstić information content (AvgIpc) is 3.49. The Morgan fingerprint density at radius 1 is 0.404 bits per heavy atom. The Labute approximate surface area is 340 Å². The summed E-state index contributed by atoms with van der Waals surface area (Å²) in [6.45, 7) is 29.8. The van der Waals surface area contributed by atoms with E-state index in [0.29, 0.717) is 0 Å². The van der Waals surface area contributed by atoms with Gasteiger partial charge in [-0.05, 0) is 140 Å². The SMILES string of the molecule is Cc1cc2c3c(c1)N(c1ccc(C(C)(C)C)cc1)c1cc4c(cc1B3c1cc(C(C)(C)C)ccc1N2c1ccc(C(C)(C)C)cc1)oc1ccc(C(C)(C)C)cc14. The third-order valence-corrected chi connectivity index (χ3v) is 12.5. The van der Waals surface area contributed by atoms with E-state index in [1.807, 2.05) is 0 Å². The normalized spacial score (nSPS) is 14.3. The summed E-state index contributed by atoms with van der Waals surface area (Å²) in [5, 5.41) is 2.32. The molecule has 0 aliphatic carbocycles. The highest BCUT2D eigenvalue weighted by atomic mass is 16.3. The highest BCUT2D eigenvalue weighted by Gasteiger charge is 2.44.